The third-order valence-corrected chi connectivity index (χ3v) is 10.9. The molecule has 0 heterocycles. The lowest BCUT2D eigenvalue weighted by Gasteiger charge is -2.32. The Morgan fingerprint density at radius 2 is 1.00 bits per heavy atom. The van der Waals surface area contributed by atoms with Gasteiger partial charge in [-0.2, -0.15) is 0 Å². The van der Waals surface area contributed by atoms with Crippen LogP contribution >= 0.6 is 15.8 Å². The van der Waals surface area contributed by atoms with Crippen LogP contribution in [0.25, 0.3) is 0 Å². The van der Waals surface area contributed by atoms with Crippen LogP contribution in [0.3, 0.4) is 0 Å². The van der Waals surface area contributed by atoms with Gasteiger partial charge in [0.15, 0.2) is 0 Å². The van der Waals surface area contributed by atoms with E-state index in [2.05, 4.69) is 60.2 Å². The predicted octanol–water partition coefficient (Wildman–Crippen LogP) is 4.59. The van der Waals surface area contributed by atoms with Gasteiger partial charge in [-0.25, -0.2) is 0 Å². The molecule has 0 aromatic heterocycles. The summed E-state index contributed by atoms with van der Waals surface area (Å²) in [7, 11) is 7.93. The average Bonchev–Trinajstić information content (AvgIpc) is 2.35. The quantitative estimate of drug-likeness (QED) is 0.397. The van der Waals surface area contributed by atoms with Crippen molar-refractivity contribution in [3.8, 4) is 0 Å². The zero-order valence-electron chi connectivity index (χ0n) is 15.6. The smallest absolute Gasteiger partial charge is 0.148 e. The molecule has 0 aliphatic carbocycles. The Bertz CT molecular complexity index is 221. The molecular weight excluding hydrogens is 290 g/mol. The maximum Gasteiger partial charge on any atom is 0.148 e. The first-order valence-electron chi connectivity index (χ1n) is 8.51. The van der Waals surface area contributed by atoms with Gasteiger partial charge in [0.05, 0.1) is 0 Å². The summed E-state index contributed by atoms with van der Waals surface area (Å²) in [4.78, 5) is 2.36. The maximum absolute atomic E-state index is 5.86. The minimum Gasteiger partial charge on any atom is -0.356 e. The predicted molar refractivity (Wildman–Crippen MR) is 107 cm³/mol. The monoisotopic (exact) mass is 326 g/mol. The summed E-state index contributed by atoms with van der Waals surface area (Å²) in [6, 6.07) is 0. The second kappa shape index (κ2) is 11.5. The van der Waals surface area contributed by atoms with Crippen molar-refractivity contribution in [2.75, 3.05) is 25.4 Å². The molecule has 0 spiro atoms. The fraction of sp³-hybridized carbons (Fsp3) is 1.00. The average molecular weight is 326 g/mol. The van der Waals surface area contributed by atoms with E-state index in [1.54, 1.807) is 0 Å². The Balaban J connectivity index is 4.33. The van der Waals surface area contributed by atoms with E-state index in [-0.39, 0.29) is 15.8 Å². The van der Waals surface area contributed by atoms with Crippen molar-refractivity contribution in [3.63, 3.8) is 0 Å². The van der Waals surface area contributed by atoms with Crippen molar-refractivity contribution in [1.29, 1.82) is 0 Å². The molecular formula is C16H36B2NP2. The highest BCUT2D eigenvalue weighted by Crippen LogP contribution is 2.46. The number of hydrogen-bond donors (Lipinski definition) is 0. The van der Waals surface area contributed by atoms with E-state index < -0.39 is 0 Å². The van der Waals surface area contributed by atoms with E-state index >= 15 is 0 Å². The van der Waals surface area contributed by atoms with Gasteiger partial charge in [0, 0.05) is 7.74 Å². The third kappa shape index (κ3) is 8.98. The molecule has 0 saturated heterocycles. The van der Waals surface area contributed by atoms with Crippen molar-refractivity contribution >= 4 is 30.9 Å². The molecule has 0 aliphatic rings. The molecule has 0 aromatic carbocycles. The number of nitrogens with zero attached hydrogens (tertiary/aromatic N) is 1. The molecule has 21 heavy (non-hydrogen) atoms. The lowest BCUT2D eigenvalue weighted by atomic mass is 9.65. The molecule has 121 valence electrons. The molecule has 0 N–H and O–H groups in total. The van der Waals surface area contributed by atoms with E-state index in [0.717, 1.165) is 35.7 Å². The van der Waals surface area contributed by atoms with Gasteiger partial charge in [-0.3, -0.25) is 0 Å². The summed E-state index contributed by atoms with van der Waals surface area (Å²) in [6.07, 6.45) is 2.64. The Morgan fingerprint density at radius 3 is 1.19 bits per heavy atom. The van der Waals surface area contributed by atoms with Gasteiger partial charge in [0.2, 0.25) is 0 Å². The molecule has 0 atom stereocenters. The van der Waals surface area contributed by atoms with Crippen molar-refractivity contribution in [1.82, 2.24) is 4.81 Å². The molecule has 0 aromatic rings. The second-order valence-corrected chi connectivity index (χ2v) is 14.1. The third-order valence-electron chi connectivity index (χ3n) is 4.15. The highest BCUT2D eigenvalue weighted by atomic mass is 31.1. The fourth-order valence-electron chi connectivity index (χ4n) is 2.97. The summed E-state index contributed by atoms with van der Waals surface area (Å²) >= 11 is 0. The summed E-state index contributed by atoms with van der Waals surface area (Å²) in [5.41, 5.74) is 3.29. The highest BCUT2D eigenvalue weighted by molar-refractivity contribution is 7.59. The fourth-order valence-corrected chi connectivity index (χ4v) is 8.40. The van der Waals surface area contributed by atoms with Crippen LogP contribution in [-0.4, -0.2) is 67.9 Å². The number of hydrogen-bond acceptors (Lipinski definition) is 1. The van der Waals surface area contributed by atoms with E-state index in [0.29, 0.717) is 0 Å². The van der Waals surface area contributed by atoms with Crippen LogP contribution < -0.4 is 0 Å². The first kappa shape index (κ1) is 21.9. The molecule has 0 amide bonds. The summed E-state index contributed by atoms with van der Waals surface area (Å²) in [5.74, 6) is 0. The molecule has 0 saturated carbocycles. The van der Waals surface area contributed by atoms with Crippen LogP contribution in [0, 0.1) is 0 Å². The normalized spacial score (nSPS) is 12.9. The minimum atomic E-state index is 0.120. The Labute approximate surface area is 139 Å². The second-order valence-electron chi connectivity index (χ2n) is 7.04. The Morgan fingerprint density at radius 1 is 0.714 bits per heavy atom. The van der Waals surface area contributed by atoms with Gasteiger partial charge in [-0.1, -0.05) is 55.4 Å². The van der Waals surface area contributed by atoms with Crippen molar-refractivity contribution < 1.29 is 0 Å². The first-order chi connectivity index (χ1) is 9.70. The van der Waals surface area contributed by atoms with E-state index in [4.69, 9.17) is 7.74 Å². The molecule has 0 rings (SSSR count). The number of rotatable bonds is 11. The van der Waals surface area contributed by atoms with Gasteiger partial charge in [0.25, 0.3) is 0 Å². The van der Waals surface area contributed by atoms with E-state index in [1.807, 2.05) is 7.31 Å². The zero-order chi connectivity index (χ0) is 16.6. The minimum absolute atomic E-state index is 0.120. The summed E-state index contributed by atoms with van der Waals surface area (Å²) in [5, 5.41) is 0. The van der Waals surface area contributed by atoms with Gasteiger partial charge < -0.3 is 4.81 Å². The molecule has 3 radical (unpaired) electrons. The summed E-state index contributed by atoms with van der Waals surface area (Å²) < 4.78 is 0. The van der Waals surface area contributed by atoms with Crippen LogP contribution in [0.2, 0.25) is 0 Å². The van der Waals surface area contributed by atoms with Gasteiger partial charge in [0.1, 0.15) is 7.31 Å². The van der Waals surface area contributed by atoms with Crippen LogP contribution in [0.5, 0.6) is 0 Å². The zero-order valence-corrected chi connectivity index (χ0v) is 17.4. The van der Waals surface area contributed by atoms with Crippen LogP contribution in [0.4, 0.5) is 0 Å². The first-order valence-corrected chi connectivity index (χ1v) is 11.8. The highest BCUT2D eigenvalue weighted by Gasteiger charge is 2.19. The van der Waals surface area contributed by atoms with Gasteiger partial charge >= 0.3 is 0 Å². The molecule has 1 nitrogen and oxygen atoms in total. The molecule has 0 unspecified atom stereocenters. The van der Waals surface area contributed by atoms with Crippen LogP contribution in [0.1, 0.15) is 55.4 Å². The standard InChI is InChI=1S/C16H36B2NP2/c1-13(2)20(14(3)4)11-9-19(18-17)10-12-21(15(5)6)16(7)8/h13-16H,9-12H2,1-8H3. The van der Waals surface area contributed by atoms with Crippen molar-refractivity contribution in [2.24, 2.45) is 0 Å². The van der Waals surface area contributed by atoms with Gasteiger partial charge in [-0.05, 0) is 48.0 Å². The van der Waals surface area contributed by atoms with E-state index in [9.17, 15) is 0 Å². The molecule has 0 fully saturated rings. The Kier molecular flexibility index (Phi) is 12.0. The molecule has 5 heteroatoms. The lowest BCUT2D eigenvalue weighted by molar-refractivity contribution is 0.505. The van der Waals surface area contributed by atoms with Gasteiger partial charge in [-0.15, -0.1) is 15.8 Å². The van der Waals surface area contributed by atoms with Crippen LogP contribution in [0.15, 0.2) is 0 Å². The van der Waals surface area contributed by atoms with E-state index in [1.165, 1.54) is 12.3 Å². The SMILES string of the molecule is [B][B]N(CCP(C(C)C)C(C)C)CCP(C(C)C)C(C)C. The van der Waals surface area contributed by atoms with Crippen molar-refractivity contribution in [3.05, 3.63) is 0 Å². The maximum atomic E-state index is 5.86. The van der Waals surface area contributed by atoms with Crippen LogP contribution in [-0.2, 0) is 0 Å². The lowest BCUT2D eigenvalue weighted by Crippen LogP contribution is -2.34. The Hall–Kier alpha value is 0.950. The topological polar surface area (TPSA) is 3.24 Å². The summed E-state index contributed by atoms with van der Waals surface area (Å²) in [6.45, 7) is 21.3. The molecule has 0 aliphatic heterocycles. The largest absolute Gasteiger partial charge is 0.356 e. The van der Waals surface area contributed by atoms with Crippen molar-refractivity contribution in [2.45, 2.75) is 78.0 Å². The molecule has 0 bridgehead atoms.